The third-order valence-electron chi connectivity index (χ3n) is 5.35. The van der Waals surface area contributed by atoms with E-state index in [9.17, 15) is 4.79 Å². The van der Waals surface area contributed by atoms with E-state index in [-0.39, 0.29) is 5.91 Å². The largest absolute Gasteiger partial charge is 0.497 e. The number of benzene rings is 2. The molecule has 0 fully saturated rings. The Balaban J connectivity index is 1.76. The Morgan fingerprint density at radius 1 is 1.12 bits per heavy atom. The van der Waals surface area contributed by atoms with Gasteiger partial charge < -0.3 is 19.2 Å². The van der Waals surface area contributed by atoms with Gasteiger partial charge in [0.2, 0.25) is 5.91 Å². The average Bonchev–Trinajstić information content (AvgIpc) is 3.24. The molecule has 0 atom stereocenters. The number of carbonyl (C=O) groups is 1. The monoisotopic (exact) mass is 428 g/mol. The molecule has 1 N–H and O–H groups in total. The van der Waals surface area contributed by atoms with Crippen molar-refractivity contribution in [2.24, 2.45) is 0 Å². The van der Waals surface area contributed by atoms with Crippen LogP contribution in [-0.2, 0) is 4.79 Å². The fourth-order valence-electron chi connectivity index (χ4n) is 3.76. The summed E-state index contributed by atoms with van der Waals surface area (Å²) in [4.78, 5) is 16.6. The maximum Gasteiger partial charge on any atom is 0.248 e. The summed E-state index contributed by atoms with van der Waals surface area (Å²) >= 11 is 0. The normalized spacial score (nSPS) is 11.4. The number of amides is 1. The first-order valence-electron chi connectivity index (χ1n) is 10.1. The van der Waals surface area contributed by atoms with E-state index in [4.69, 9.17) is 13.9 Å². The zero-order valence-corrected chi connectivity index (χ0v) is 18.4. The minimum absolute atomic E-state index is 0.238. The van der Waals surface area contributed by atoms with Gasteiger partial charge >= 0.3 is 0 Å². The van der Waals surface area contributed by atoms with Gasteiger partial charge in [-0.15, -0.1) is 0 Å². The second-order valence-corrected chi connectivity index (χ2v) is 7.40. The third kappa shape index (κ3) is 4.07. The van der Waals surface area contributed by atoms with Crippen molar-refractivity contribution in [1.29, 1.82) is 0 Å². The van der Waals surface area contributed by atoms with Gasteiger partial charge in [-0.05, 0) is 55.3 Å². The molecule has 0 saturated heterocycles. The van der Waals surface area contributed by atoms with Gasteiger partial charge in [0.15, 0.2) is 0 Å². The lowest BCUT2D eigenvalue weighted by Gasteiger charge is -2.13. The molecule has 0 saturated carbocycles. The molecule has 2 aromatic heterocycles. The molecule has 0 radical (unpaired) electrons. The number of hydrogen-bond donors (Lipinski definition) is 1. The summed E-state index contributed by atoms with van der Waals surface area (Å²) in [5.41, 5.74) is 5.84. The van der Waals surface area contributed by atoms with Crippen LogP contribution in [0.25, 0.3) is 27.7 Å². The molecule has 0 unspecified atom stereocenters. The number of ether oxygens (including phenoxy) is 2. The van der Waals surface area contributed by atoms with Crippen molar-refractivity contribution in [2.75, 3.05) is 19.5 Å². The van der Waals surface area contributed by atoms with Crippen LogP contribution in [-0.4, -0.2) is 25.1 Å². The summed E-state index contributed by atoms with van der Waals surface area (Å²) in [5, 5.41) is 3.77. The highest BCUT2D eigenvalue weighted by atomic mass is 16.5. The molecule has 4 aromatic rings. The second kappa shape index (κ2) is 8.98. The first-order valence-corrected chi connectivity index (χ1v) is 10.1. The molecule has 4 rings (SSSR count). The van der Waals surface area contributed by atoms with E-state index in [2.05, 4.69) is 10.3 Å². The number of allylic oxidation sites excluding steroid dienone is 1. The summed E-state index contributed by atoms with van der Waals surface area (Å²) < 4.78 is 16.9. The van der Waals surface area contributed by atoms with Crippen molar-refractivity contribution in [1.82, 2.24) is 4.98 Å². The van der Waals surface area contributed by atoms with Crippen LogP contribution in [0.4, 0.5) is 5.69 Å². The SMILES string of the molecule is COc1ccc(-c2coc3c(C)c(OC)c(/C(C)=C/C(=O)Nc4cccnc4)cc23)cc1. The molecule has 0 aliphatic rings. The molecule has 2 aromatic carbocycles. The first kappa shape index (κ1) is 21.2. The van der Waals surface area contributed by atoms with E-state index in [0.29, 0.717) is 11.4 Å². The van der Waals surface area contributed by atoms with Crippen LogP contribution in [0.15, 0.2) is 71.6 Å². The van der Waals surface area contributed by atoms with E-state index < -0.39 is 0 Å². The number of aryl methyl sites for hydroxylation is 1. The smallest absolute Gasteiger partial charge is 0.248 e. The predicted octanol–water partition coefficient (Wildman–Crippen LogP) is 5.86. The van der Waals surface area contributed by atoms with E-state index in [1.54, 1.807) is 51.1 Å². The minimum Gasteiger partial charge on any atom is -0.497 e. The Kier molecular flexibility index (Phi) is 5.94. The molecule has 162 valence electrons. The molecule has 32 heavy (non-hydrogen) atoms. The van der Waals surface area contributed by atoms with Gasteiger partial charge in [0.05, 0.1) is 32.4 Å². The number of furan rings is 1. The molecule has 0 bridgehead atoms. The van der Waals surface area contributed by atoms with Gasteiger partial charge in [-0.3, -0.25) is 9.78 Å². The van der Waals surface area contributed by atoms with E-state index in [1.807, 2.05) is 44.2 Å². The number of pyridine rings is 1. The van der Waals surface area contributed by atoms with Gasteiger partial charge in [-0.1, -0.05) is 12.1 Å². The van der Waals surface area contributed by atoms with Crippen LogP contribution in [0.3, 0.4) is 0 Å². The number of aromatic nitrogens is 1. The van der Waals surface area contributed by atoms with Crippen molar-refractivity contribution in [3.8, 4) is 22.6 Å². The van der Waals surface area contributed by atoms with Crippen LogP contribution in [0.5, 0.6) is 11.5 Å². The number of fused-ring (bicyclic) bond motifs is 1. The van der Waals surface area contributed by atoms with E-state index >= 15 is 0 Å². The maximum atomic E-state index is 12.6. The lowest BCUT2D eigenvalue weighted by atomic mass is 9.96. The van der Waals surface area contributed by atoms with Crippen LogP contribution in [0.1, 0.15) is 18.1 Å². The van der Waals surface area contributed by atoms with Crippen molar-refractivity contribution in [2.45, 2.75) is 13.8 Å². The number of rotatable bonds is 6. The number of anilines is 1. The highest BCUT2D eigenvalue weighted by molar-refractivity contribution is 6.05. The number of methoxy groups -OCH3 is 2. The molecule has 0 spiro atoms. The summed E-state index contributed by atoms with van der Waals surface area (Å²) in [6.07, 6.45) is 6.56. The Hall–Kier alpha value is -4.06. The molecule has 6 heteroatoms. The summed E-state index contributed by atoms with van der Waals surface area (Å²) in [5.74, 6) is 1.23. The zero-order valence-electron chi connectivity index (χ0n) is 18.4. The van der Waals surface area contributed by atoms with Gasteiger partial charge in [0, 0.05) is 34.3 Å². The predicted molar refractivity (Wildman–Crippen MR) is 126 cm³/mol. The van der Waals surface area contributed by atoms with Crippen molar-refractivity contribution >= 4 is 28.1 Å². The zero-order chi connectivity index (χ0) is 22.7. The topological polar surface area (TPSA) is 73.6 Å². The molecule has 0 aliphatic heterocycles. The Labute approximate surface area is 186 Å². The number of nitrogens with one attached hydrogen (secondary N) is 1. The number of hydrogen-bond acceptors (Lipinski definition) is 5. The first-order chi connectivity index (χ1) is 15.5. The summed E-state index contributed by atoms with van der Waals surface area (Å²) in [7, 11) is 3.26. The van der Waals surface area contributed by atoms with Crippen LogP contribution < -0.4 is 14.8 Å². The standard InChI is InChI=1S/C26H24N2O4/c1-16(12-24(29)28-19-6-5-11-27-14-19)21-13-22-23(18-7-9-20(30-3)10-8-18)15-32-26(22)17(2)25(21)31-4/h5-15H,1-4H3,(H,28,29)/b16-12+. The molecule has 0 aliphatic carbocycles. The van der Waals surface area contributed by atoms with E-state index in [1.165, 1.54) is 0 Å². The Morgan fingerprint density at radius 3 is 2.56 bits per heavy atom. The molecular weight excluding hydrogens is 404 g/mol. The van der Waals surface area contributed by atoms with E-state index in [0.717, 1.165) is 44.5 Å². The quantitative estimate of drug-likeness (QED) is 0.389. The minimum atomic E-state index is -0.238. The van der Waals surface area contributed by atoms with Crippen molar-refractivity contribution in [3.05, 3.63) is 78.3 Å². The Bertz CT molecular complexity index is 1290. The van der Waals surface area contributed by atoms with Crippen molar-refractivity contribution in [3.63, 3.8) is 0 Å². The molecule has 2 heterocycles. The maximum absolute atomic E-state index is 12.6. The summed E-state index contributed by atoms with van der Waals surface area (Å²) in [6, 6.07) is 13.4. The van der Waals surface area contributed by atoms with Gasteiger partial charge in [0.25, 0.3) is 0 Å². The lowest BCUT2D eigenvalue weighted by Crippen LogP contribution is -2.08. The van der Waals surface area contributed by atoms with Gasteiger partial charge in [-0.2, -0.15) is 0 Å². The van der Waals surface area contributed by atoms with Gasteiger partial charge in [-0.25, -0.2) is 0 Å². The number of nitrogens with zero attached hydrogens (tertiary/aromatic N) is 1. The highest BCUT2D eigenvalue weighted by Crippen LogP contribution is 2.40. The van der Waals surface area contributed by atoms with Gasteiger partial charge in [0.1, 0.15) is 17.1 Å². The third-order valence-corrected chi connectivity index (χ3v) is 5.35. The average molecular weight is 428 g/mol. The highest BCUT2D eigenvalue weighted by Gasteiger charge is 2.19. The van der Waals surface area contributed by atoms with Crippen LogP contribution >= 0.6 is 0 Å². The fourth-order valence-corrected chi connectivity index (χ4v) is 3.76. The fraction of sp³-hybridized carbons (Fsp3) is 0.154. The number of carbonyl (C=O) groups excluding carboxylic acids is 1. The van der Waals surface area contributed by atoms with Crippen LogP contribution in [0, 0.1) is 6.92 Å². The lowest BCUT2D eigenvalue weighted by molar-refractivity contribution is -0.111. The van der Waals surface area contributed by atoms with Crippen molar-refractivity contribution < 1.29 is 18.7 Å². The molecule has 6 nitrogen and oxygen atoms in total. The van der Waals surface area contributed by atoms with Crippen LogP contribution in [0.2, 0.25) is 0 Å². The second-order valence-electron chi connectivity index (χ2n) is 7.40. The summed E-state index contributed by atoms with van der Waals surface area (Å²) in [6.45, 7) is 3.84. The Morgan fingerprint density at radius 2 is 1.91 bits per heavy atom. The molecule has 1 amide bonds. The molecular formula is C26H24N2O4.